The first-order valence-corrected chi connectivity index (χ1v) is 8.33. The van der Waals surface area contributed by atoms with Gasteiger partial charge in [0, 0.05) is 18.3 Å². The van der Waals surface area contributed by atoms with Crippen molar-refractivity contribution in [3.8, 4) is 5.69 Å². The van der Waals surface area contributed by atoms with Crippen LogP contribution in [0.25, 0.3) is 5.69 Å². The fraction of sp³-hybridized carbons (Fsp3) is 0.167. The molecule has 2 aromatic carbocycles. The molecule has 0 saturated carbocycles. The molecule has 0 atom stereocenters. The van der Waals surface area contributed by atoms with E-state index in [1.54, 1.807) is 35.9 Å². The average molecular weight is 363 g/mol. The number of likely N-dealkylation sites (N-methyl/N-ethyl adjacent to an activating group) is 1. The van der Waals surface area contributed by atoms with Crippen molar-refractivity contribution >= 4 is 28.9 Å². The highest BCUT2D eigenvalue weighted by atomic mass is 16.2. The zero-order valence-corrected chi connectivity index (χ0v) is 14.8. The predicted octanol–water partition coefficient (Wildman–Crippen LogP) is 1.61. The van der Waals surface area contributed by atoms with E-state index in [1.165, 1.54) is 0 Å². The van der Waals surface area contributed by atoms with Crippen molar-refractivity contribution in [3.05, 3.63) is 53.9 Å². The predicted molar refractivity (Wildman–Crippen MR) is 100 cm³/mol. The number of nitrogens with zero attached hydrogens (tertiary/aromatic N) is 5. The smallest absolute Gasteiger partial charge is 0.255 e. The summed E-state index contributed by atoms with van der Waals surface area (Å²) in [5, 5.41) is 17.1. The third kappa shape index (κ3) is 3.22. The maximum absolute atomic E-state index is 12.6. The van der Waals surface area contributed by atoms with Crippen LogP contribution in [0.15, 0.2) is 42.5 Å². The van der Waals surface area contributed by atoms with E-state index in [2.05, 4.69) is 26.2 Å². The molecule has 1 aliphatic rings. The zero-order chi connectivity index (χ0) is 19.0. The van der Waals surface area contributed by atoms with Gasteiger partial charge in [0.05, 0.1) is 23.6 Å². The van der Waals surface area contributed by atoms with Gasteiger partial charge in [-0.3, -0.25) is 9.59 Å². The second-order valence-electron chi connectivity index (χ2n) is 6.28. The Morgan fingerprint density at radius 1 is 1.22 bits per heavy atom. The number of aromatic nitrogens is 4. The maximum Gasteiger partial charge on any atom is 0.255 e. The SMILES string of the molecule is Cc1nnnn1-c1cccc(NC(=O)c2ccc3c(c2)NC(=O)CN3C)c1. The van der Waals surface area contributed by atoms with Crippen molar-refractivity contribution in [1.82, 2.24) is 20.2 Å². The lowest BCUT2D eigenvalue weighted by Crippen LogP contribution is -2.35. The van der Waals surface area contributed by atoms with Crippen molar-refractivity contribution in [3.63, 3.8) is 0 Å². The Hall–Kier alpha value is -3.75. The molecule has 27 heavy (non-hydrogen) atoms. The van der Waals surface area contributed by atoms with E-state index in [0.29, 0.717) is 29.3 Å². The zero-order valence-electron chi connectivity index (χ0n) is 14.8. The van der Waals surface area contributed by atoms with Crippen LogP contribution >= 0.6 is 0 Å². The molecular weight excluding hydrogens is 346 g/mol. The Labute approximate surface area is 155 Å². The summed E-state index contributed by atoms with van der Waals surface area (Å²) in [5.74, 6) is 0.269. The van der Waals surface area contributed by atoms with Gasteiger partial charge in [0.1, 0.15) is 0 Å². The van der Waals surface area contributed by atoms with Gasteiger partial charge in [0.2, 0.25) is 5.91 Å². The van der Waals surface area contributed by atoms with Crippen LogP contribution in [0.1, 0.15) is 16.2 Å². The van der Waals surface area contributed by atoms with E-state index in [1.807, 2.05) is 30.1 Å². The maximum atomic E-state index is 12.6. The second kappa shape index (κ2) is 6.52. The normalized spacial score (nSPS) is 13.1. The van der Waals surface area contributed by atoms with E-state index >= 15 is 0 Å². The van der Waals surface area contributed by atoms with Crippen molar-refractivity contribution in [2.24, 2.45) is 0 Å². The molecule has 1 aliphatic heterocycles. The highest BCUT2D eigenvalue weighted by Gasteiger charge is 2.20. The van der Waals surface area contributed by atoms with Crippen LogP contribution in [0.2, 0.25) is 0 Å². The van der Waals surface area contributed by atoms with Crippen molar-refractivity contribution in [2.45, 2.75) is 6.92 Å². The topological polar surface area (TPSA) is 105 Å². The molecule has 136 valence electrons. The largest absolute Gasteiger partial charge is 0.364 e. The minimum Gasteiger partial charge on any atom is -0.364 e. The summed E-state index contributed by atoms with van der Waals surface area (Å²) in [7, 11) is 1.84. The van der Waals surface area contributed by atoms with Crippen LogP contribution in [0.3, 0.4) is 0 Å². The molecule has 9 heteroatoms. The molecule has 0 aliphatic carbocycles. The molecule has 3 aromatic rings. The summed E-state index contributed by atoms with van der Waals surface area (Å²) < 4.78 is 1.58. The fourth-order valence-corrected chi connectivity index (χ4v) is 2.99. The minimum atomic E-state index is -0.272. The van der Waals surface area contributed by atoms with Crippen LogP contribution in [-0.2, 0) is 4.79 Å². The number of anilines is 3. The molecule has 0 spiro atoms. The third-order valence-electron chi connectivity index (χ3n) is 4.30. The van der Waals surface area contributed by atoms with E-state index in [4.69, 9.17) is 0 Å². The summed E-state index contributed by atoms with van der Waals surface area (Å²) in [5.41, 5.74) is 3.32. The third-order valence-corrected chi connectivity index (χ3v) is 4.30. The quantitative estimate of drug-likeness (QED) is 0.732. The summed E-state index contributed by atoms with van der Waals surface area (Å²) in [6, 6.07) is 12.5. The molecule has 2 heterocycles. The molecule has 2 N–H and O–H groups in total. The molecule has 0 saturated heterocycles. The van der Waals surface area contributed by atoms with Crippen LogP contribution in [0, 0.1) is 6.92 Å². The van der Waals surface area contributed by atoms with Crippen LogP contribution < -0.4 is 15.5 Å². The van der Waals surface area contributed by atoms with Gasteiger partial charge in [-0.1, -0.05) is 6.07 Å². The molecule has 0 radical (unpaired) electrons. The average Bonchev–Trinajstić information content (AvgIpc) is 3.07. The number of amides is 2. The Morgan fingerprint density at radius 2 is 2.07 bits per heavy atom. The highest BCUT2D eigenvalue weighted by molar-refractivity contribution is 6.08. The summed E-state index contributed by atoms with van der Waals surface area (Å²) >= 11 is 0. The van der Waals surface area contributed by atoms with Gasteiger partial charge < -0.3 is 15.5 Å². The first kappa shape index (κ1) is 16.7. The first-order valence-electron chi connectivity index (χ1n) is 8.33. The Bertz CT molecular complexity index is 1040. The van der Waals surface area contributed by atoms with Gasteiger partial charge in [0.15, 0.2) is 5.82 Å². The molecule has 0 unspecified atom stereocenters. The van der Waals surface area contributed by atoms with Crippen molar-refractivity contribution < 1.29 is 9.59 Å². The lowest BCUT2D eigenvalue weighted by molar-refractivity contribution is -0.115. The Balaban J connectivity index is 1.57. The number of hydrogen-bond donors (Lipinski definition) is 2. The number of carbonyl (C=O) groups excluding carboxylic acids is 2. The van der Waals surface area contributed by atoms with Gasteiger partial charge in [0.25, 0.3) is 5.91 Å². The van der Waals surface area contributed by atoms with Crippen molar-refractivity contribution in [1.29, 1.82) is 0 Å². The summed E-state index contributed by atoms with van der Waals surface area (Å²) in [4.78, 5) is 26.2. The van der Waals surface area contributed by atoms with Gasteiger partial charge in [-0.05, 0) is 53.7 Å². The number of fused-ring (bicyclic) bond motifs is 1. The van der Waals surface area contributed by atoms with Gasteiger partial charge in [-0.15, -0.1) is 5.10 Å². The number of rotatable bonds is 3. The molecule has 1 aromatic heterocycles. The number of aryl methyl sites for hydroxylation is 1. The number of tetrazole rings is 1. The van der Waals surface area contributed by atoms with Crippen molar-refractivity contribution in [2.75, 3.05) is 29.1 Å². The Kier molecular flexibility index (Phi) is 4.03. The molecule has 9 nitrogen and oxygen atoms in total. The van der Waals surface area contributed by atoms with E-state index < -0.39 is 0 Å². The van der Waals surface area contributed by atoms with Crippen LogP contribution in [0.5, 0.6) is 0 Å². The molecular formula is C18H17N7O2. The summed E-state index contributed by atoms with van der Waals surface area (Å²) in [6.07, 6.45) is 0. The number of nitrogens with one attached hydrogen (secondary N) is 2. The van der Waals surface area contributed by atoms with E-state index in [-0.39, 0.29) is 11.8 Å². The minimum absolute atomic E-state index is 0.105. The lowest BCUT2D eigenvalue weighted by atomic mass is 10.1. The summed E-state index contributed by atoms with van der Waals surface area (Å²) in [6.45, 7) is 2.09. The molecule has 2 amide bonds. The van der Waals surface area contributed by atoms with Crippen LogP contribution in [-0.4, -0.2) is 45.6 Å². The van der Waals surface area contributed by atoms with E-state index in [9.17, 15) is 9.59 Å². The number of benzene rings is 2. The van der Waals surface area contributed by atoms with Gasteiger partial charge in [-0.2, -0.15) is 4.68 Å². The number of carbonyl (C=O) groups is 2. The van der Waals surface area contributed by atoms with Gasteiger partial charge >= 0.3 is 0 Å². The molecule has 4 rings (SSSR count). The fourth-order valence-electron chi connectivity index (χ4n) is 2.99. The lowest BCUT2D eigenvalue weighted by Gasteiger charge is -2.27. The first-order chi connectivity index (χ1) is 13.0. The van der Waals surface area contributed by atoms with Crippen LogP contribution in [0.4, 0.5) is 17.1 Å². The molecule has 0 fully saturated rings. The van der Waals surface area contributed by atoms with Gasteiger partial charge in [-0.25, -0.2) is 0 Å². The van der Waals surface area contributed by atoms with E-state index in [0.717, 1.165) is 11.4 Å². The standard InChI is InChI=1S/C18H17N7O2/c1-11-21-22-23-25(11)14-5-3-4-13(9-14)19-18(27)12-6-7-16-15(8-12)20-17(26)10-24(16)2/h3-9H,10H2,1-2H3,(H,19,27)(H,20,26). The Morgan fingerprint density at radius 3 is 2.85 bits per heavy atom. The number of hydrogen-bond acceptors (Lipinski definition) is 6. The molecule has 0 bridgehead atoms. The monoisotopic (exact) mass is 363 g/mol. The highest BCUT2D eigenvalue weighted by Crippen LogP contribution is 2.29. The second-order valence-corrected chi connectivity index (χ2v) is 6.28.